The number of hydrogen-bond donors (Lipinski definition) is 0. The molecule has 5 nitrogen and oxygen atoms in total. The Bertz CT molecular complexity index is 218. The van der Waals surface area contributed by atoms with Crippen molar-refractivity contribution in [3.05, 3.63) is 0 Å². The molecule has 1 aliphatic rings. The topological polar surface area (TPSA) is 49.5 Å². The van der Waals surface area contributed by atoms with Gasteiger partial charge in [-0.3, -0.25) is 0 Å². The first kappa shape index (κ1) is 19.1. The summed E-state index contributed by atoms with van der Waals surface area (Å²) in [5.74, 6) is 0. The maximum Gasteiger partial charge on any atom is 0.179 e. The maximum absolute atomic E-state index is 5.77. The first-order valence-electron chi connectivity index (χ1n) is 8.37. The van der Waals surface area contributed by atoms with E-state index in [4.69, 9.17) is 23.4 Å². The van der Waals surface area contributed by atoms with Gasteiger partial charge in [-0.25, -0.2) is 0 Å². The molecule has 1 unspecified atom stereocenters. The molecule has 6 heteroatoms. The van der Waals surface area contributed by atoms with E-state index in [9.17, 15) is 0 Å². The number of hydrogen-bond acceptors (Lipinski definition) is 5. The van der Waals surface area contributed by atoms with Crippen molar-refractivity contribution in [2.24, 2.45) is 0 Å². The second kappa shape index (κ2) is 13.7. The van der Waals surface area contributed by atoms with Gasteiger partial charge in [0.15, 0.2) is 16.1 Å². The number of epoxide rings is 1. The van der Waals surface area contributed by atoms with Crippen molar-refractivity contribution in [1.82, 2.24) is 0 Å². The third-order valence-electron chi connectivity index (χ3n) is 3.05. The lowest BCUT2D eigenvalue weighted by molar-refractivity contribution is -0.158. The lowest BCUT2D eigenvalue weighted by atomic mass is 10.3. The molecule has 1 atom stereocenters. The summed E-state index contributed by atoms with van der Waals surface area (Å²) in [6, 6.07) is 1.19. The molecule has 0 radical (unpaired) electrons. The maximum atomic E-state index is 5.77. The van der Waals surface area contributed by atoms with Gasteiger partial charge in [-0.05, 0) is 25.3 Å². The van der Waals surface area contributed by atoms with Crippen LogP contribution in [0.5, 0.6) is 0 Å². The third-order valence-corrected chi connectivity index (χ3v) is 4.37. The Morgan fingerprint density at radius 3 is 2.43 bits per heavy atom. The van der Waals surface area contributed by atoms with Gasteiger partial charge >= 0.3 is 0 Å². The van der Waals surface area contributed by atoms with E-state index in [-0.39, 0.29) is 6.29 Å². The monoisotopic (exact) mass is 320 g/mol. The fourth-order valence-corrected chi connectivity index (χ4v) is 2.91. The van der Waals surface area contributed by atoms with Crippen LogP contribution in [0.3, 0.4) is 0 Å². The molecule has 0 N–H and O–H groups in total. The summed E-state index contributed by atoms with van der Waals surface area (Å²) in [6.07, 6.45) is 4.52. The van der Waals surface area contributed by atoms with E-state index < -0.39 is 9.76 Å². The molecule has 0 aromatic rings. The summed E-state index contributed by atoms with van der Waals surface area (Å²) in [6.45, 7) is 8.75. The van der Waals surface area contributed by atoms with E-state index in [1.807, 2.05) is 0 Å². The molecule has 21 heavy (non-hydrogen) atoms. The predicted molar refractivity (Wildman–Crippen MR) is 85.4 cm³/mol. The Hall–Kier alpha value is 0.0169. The molecule has 0 spiro atoms. The molecule has 0 aromatic carbocycles. The second-order valence-electron chi connectivity index (χ2n) is 5.34. The van der Waals surface area contributed by atoms with Gasteiger partial charge in [-0.2, -0.15) is 0 Å². The molecule has 0 aliphatic carbocycles. The van der Waals surface area contributed by atoms with E-state index in [0.717, 1.165) is 52.3 Å². The number of unbranched alkanes of at least 4 members (excludes halogenated alkanes) is 1. The van der Waals surface area contributed by atoms with E-state index in [1.165, 1.54) is 12.5 Å². The van der Waals surface area contributed by atoms with E-state index in [0.29, 0.717) is 12.7 Å². The van der Waals surface area contributed by atoms with Crippen LogP contribution in [-0.4, -0.2) is 61.8 Å². The first-order chi connectivity index (χ1) is 10.4. The van der Waals surface area contributed by atoms with Crippen molar-refractivity contribution in [2.75, 3.05) is 39.6 Å². The summed E-state index contributed by atoms with van der Waals surface area (Å²) in [4.78, 5) is 0. The van der Waals surface area contributed by atoms with E-state index in [1.54, 1.807) is 0 Å². The molecule has 1 heterocycles. The molecular weight excluding hydrogens is 288 g/mol. The molecule has 0 amide bonds. The second-order valence-corrected chi connectivity index (χ2v) is 6.86. The summed E-state index contributed by atoms with van der Waals surface area (Å²) >= 11 is 0. The minimum atomic E-state index is -0.456. The van der Waals surface area contributed by atoms with Gasteiger partial charge in [0.1, 0.15) is 6.10 Å². The van der Waals surface area contributed by atoms with Crippen LogP contribution < -0.4 is 0 Å². The van der Waals surface area contributed by atoms with Gasteiger partial charge in [0.05, 0.1) is 19.8 Å². The van der Waals surface area contributed by atoms with Crippen molar-refractivity contribution in [1.29, 1.82) is 0 Å². The predicted octanol–water partition coefficient (Wildman–Crippen LogP) is 1.88. The highest BCUT2D eigenvalue weighted by molar-refractivity contribution is 6.26. The Balaban J connectivity index is 1.84. The largest absolute Gasteiger partial charge is 0.419 e. The molecule has 0 saturated carbocycles. The standard InChI is InChI=1S/C15H32O5Si/c1-3-7-17-15(18-8-4-2)13-20-21-10-6-5-9-16-11-14-12-19-14/h14-15H,3-13,21H2,1-2H3. The molecule has 126 valence electrons. The van der Waals surface area contributed by atoms with Gasteiger partial charge in [0.2, 0.25) is 0 Å². The van der Waals surface area contributed by atoms with Gasteiger partial charge in [-0.1, -0.05) is 20.3 Å². The SMILES string of the molecule is CCCOC(CO[SiH2]CCCCOCC1CO1)OCCC. The Kier molecular flexibility index (Phi) is 12.4. The van der Waals surface area contributed by atoms with Crippen LogP contribution in [0.15, 0.2) is 0 Å². The van der Waals surface area contributed by atoms with Crippen LogP contribution in [0.4, 0.5) is 0 Å². The quantitative estimate of drug-likeness (QED) is 0.188. The van der Waals surface area contributed by atoms with Crippen LogP contribution >= 0.6 is 0 Å². The molecular formula is C15H32O5Si. The highest BCUT2D eigenvalue weighted by Gasteiger charge is 2.21. The Morgan fingerprint density at radius 1 is 1.10 bits per heavy atom. The zero-order chi connectivity index (χ0) is 15.2. The van der Waals surface area contributed by atoms with Gasteiger partial charge in [-0.15, -0.1) is 0 Å². The van der Waals surface area contributed by atoms with Gasteiger partial charge in [0.25, 0.3) is 0 Å². The minimum absolute atomic E-state index is 0.181. The van der Waals surface area contributed by atoms with Crippen molar-refractivity contribution in [2.45, 2.75) is 58.0 Å². The molecule has 0 aromatic heterocycles. The fourth-order valence-electron chi connectivity index (χ4n) is 1.79. The summed E-state index contributed by atoms with van der Waals surface area (Å²) < 4.78 is 27.6. The summed E-state index contributed by atoms with van der Waals surface area (Å²) in [5, 5.41) is 0. The molecule has 0 bridgehead atoms. The molecule has 1 saturated heterocycles. The van der Waals surface area contributed by atoms with Crippen molar-refractivity contribution < 1.29 is 23.4 Å². The van der Waals surface area contributed by atoms with Gasteiger partial charge < -0.3 is 23.4 Å². The minimum Gasteiger partial charge on any atom is -0.419 e. The smallest absolute Gasteiger partial charge is 0.179 e. The molecule has 1 aliphatic heterocycles. The van der Waals surface area contributed by atoms with Crippen molar-refractivity contribution in [3.8, 4) is 0 Å². The van der Waals surface area contributed by atoms with Crippen molar-refractivity contribution in [3.63, 3.8) is 0 Å². The third kappa shape index (κ3) is 12.3. The zero-order valence-corrected chi connectivity index (χ0v) is 15.1. The van der Waals surface area contributed by atoms with Crippen LogP contribution in [0.1, 0.15) is 39.5 Å². The zero-order valence-electron chi connectivity index (χ0n) is 13.7. The number of ether oxygens (including phenoxy) is 4. The highest BCUT2D eigenvalue weighted by Crippen LogP contribution is 2.09. The van der Waals surface area contributed by atoms with Crippen LogP contribution in [-0.2, 0) is 23.4 Å². The van der Waals surface area contributed by atoms with Crippen LogP contribution in [0.25, 0.3) is 0 Å². The fraction of sp³-hybridized carbons (Fsp3) is 1.00. The van der Waals surface area contributed by atoms with Crippen LogP contribution in [0, 0.1) is 0 Å². The van der Waals surface area contributed by atoms with Crippen molar-refractivity contribution >= 4 is 9.76 Å². The summed E-state index contributed by atoms with van der Waals surface area (Å²) in [5.41, 5.74) is 0. The number of rotatable bonds is 16. The molecule has 1 fully saturated rings. The summed E-state index contributed by atoms with van der Waals surface area (Å²) in [7, 11) is -0.456. The van der Waals surface area contributed by atoms with Crippen LogP contribution in [0.2, 0.25) is 6.04 Å². The first-order valence-corrected chi connectivity index (χ1v) is 9.94. The highest BCUT2D eigenvalue weighted by atomic mass is 28.2. The average molecular weight is 321 g/mol. The van der Waals surface area contributed by atoms with Gasteiger partial charge in [0, 0.05) is 19.8 Å². The Labute approximate surface area is 131 Å². The Morgan fingerprint density at radius 2 is 1.81 bits per heavy atom. The lowest BCUT2D eigenvalue weighted by Gasteiger charge is -2.18. The normalized spacial score (nSPS) is 18.1. The van der Waals surface area contributed by atoms with E-state index in [2.05, 4.69) is 13.8 Å². The molecule has 1 rings (SSSR count). The average Bonchev–Trinajstić information content (AvgIpc) is 3.31. The van der Waals surface area contributed by atoms with E-state index >= 15 is 0 Å². The lowest BCUT2D eigenvalue weighted by Crippen LogP contribution is -2.25.